The van der Waals surface area contributed by atoms with E-state index in [0.717, 1.165) is 23.8 Å². The van der Waals surface area contributed by atoms with E-state index >= 15 is 0 Å². The Morgan fingerprint density at radius 1 is 1.00 bits per heavy atom. The van der Waals surface area contributed by atoms with E-state index in [9.17, 15) is 0 Å². The van der Waals surface area contributed by atoms with E-state index in [1.165, 1.54) is 5.56 Å². The maximum atomic E-state index is 5.91. The number of furan rings is 1. The molecular weight excluding hydrogens is 262 g/mol. The van der Waals surface area contributed by atoms with Gasteiger partial charge in [-0.05, 0) is 29.7 Å². The van der Waals surface area contributed by atoms with Crippen LogP contribution in [0.3, 0.4) is 0 Å². The summed E-state index contributed by atoms with van der Waals surface area (Å²) in [5.41, 5.74) is 1.23. The van der Waals surface area contributed by atoms with Crippen LogP contribution in [0.4, 0.5) is 0 Å². The number of ether oxygens (including phenoxy) is 1. The average molecular weight is 287 g/mol. The van der Waals surface area contributed by atoms with E-state index in [2.05, 4.69) is 39.1 Å². The Morgan fingerprint density at radius 2 is 1.71 bits per heavy atom. The van der Waals surface area contributed by atoms with Gasteiger partial charge in [-0.2, -0.15) is 0 Å². The lowest BCUT2D eigenvalue weighted by molar-refractivity contribution is 0.261. The number of nitrogens with one attached hydrogen (secondary N) is 1. The molecule has 0 spiro atoms. The van der Waals surface area contributed by atoms with Crippen LogP contribution < -0.4 is 10.1 Å². The smallest absolute Gasteiger partial charge is 0.146 e. The fourth-order valence-corrected chi connectivity index (χ4v) is 2.14. The number of benzene rings is 1. The van der Waals surface area contributed by atoms with Crippen molar-refractivity contribution >= 4 is 0 Å². The molecule has 1 aromatic carbocycles. The Hall–Kier alpha value is -1.74. The third-order valence-corrected chi connectivity index (χ3v) is 3.31. The topological polar surface area (TPSA) is 34.4 Å². The molecule has 2 aromatic rings. The van der Waals surface area contributed by atoms with E-state index < -0.39 is 0 Å². The maximum Gasteiger partial charge on any atom is 0.146 e. The zero-order valence-corrected chi connectivity index (χ0v) is 13.3. The highest BCUT2D eigenvalue weighted by Gasteiger charge is 2.08. The van der Waals surface area contributed by atoms with Gasteiger partial charge >= 0.3 is 0 Å². The monoisotopic (exact) mass is 287 g/mol. The van der Waals surface area contributed by atoms with Gasteiger partial charge < -0.3 is 14.5 Å². The molecule has 3 nitrogen and oxygen atoms in total. The molecule has 0 aliphatic carbocycles. The van der Waals surface area contributed by atoms with Crippen molar-refractivity contribution in [2.45, 2.75) is 52.8 Å². The highest BCUT2D eigenvalue weighted by atomic mass is 16.5. The highest BCUT2D eigenvalue weighted by molar-refractivity contribution is 5.35. The second-order valence-corrected chi connectivity index (χ2v) is 5.88. The minimum Gasteiger partial charge on any atom is -0.485 e. The first-order valence-electron chi connectivity index (χ1n) is 7.59. The third kappa shape index (κ3) is 4.64. The molecule has 1 aromatic heterocycles. The van der Waals surface area contributed by atoms with Crippen LogP contribution in [0.1, 0.15) is 50.7 Å². The molecule has 3 heteroatoms. The Morgan fingerprint density at radius 3 is 2.43 bits per heavy atom. The standard InChI is InChI=1S/C18H25NO2/c1-13(2)17-7-5-6-8-18(17)20-12-16-10-9-15(21-16)11-19-14(3)4/h5-10,13-14,19H,11-12H2,1-4H3. The zero-order chi connectivity index (χ0) is 15.2. The van der Waals surface area contributed by atoms with Gasteiger partial charge in [-0.15, -0.1) is 0 Å². The molecule has 0 aliphatic rings. The van der Waals surface area contributed by atoms with Gasteiger partial charge in [0.1, 0.15) is 23.9 Å². The van der Waals surface area contributed by atoms with E-state index in [0.29, 0.717) is 18.6 Å². The van der Waals surface area contributed by atoms with Gasteiger partial charge in [0.05, 0.1) is 6.54 Å². The lowest BCUT2D eigenvalue weighted by atomic mass is 10.0. The number of para-hydroxylation sites is 1. The van der Waals surface area contributed by atoms with Crippen molar-refractivity contribution in [2.75, 3.05) is 0 Å². The summed E-state index contributed by atoms with van der Waals surface area (Å²) in [4.78, 5) is 0. The van der Waals surface area contributed by atoms with Gasteiger partial charge in [0, 0.05) is 6.04 Å². The molecule has 21 heavy (non-hydrogen) atoms. The van der Waals surface area contributed by atoms with Crippen LogP contribution in [0.5, 0.6) is 5.75 Å². The van der Waals surface area contributed by atoms with Crippen LogP contribution in [0, 0.1) is 0 Å². The van der Waals surface area contributed by atoms with Crippen LogP contribution in [0.2, 0.25) is 0 Å². The third-order valence-electron chi connectivity index (χ3n) is 3.31. The van der Waals surface area contributed by atoms with Gasteiger partial charge in [0.25, 0.3) is 0 Å². The molecule has 2 rings (SSSR count). The summed E-state index contributed by atoms with van der Waals surface area (Å²) < 4.78 is 11.7. The van der Waals surface area contributed by atoms with Crippen molar-refractivity contribution in [1.29, 1.82) is 0 Å². The molecular formula is C18H25NO2. The largest absolute Gasteiger partial charge is 0.485 e. The first-order valence-corrected chi connectivity index (χ1v) is 7.59. The normalized spacial score (nSPS) is 11.3. The van der Waals surface area contributed by atoms with Crippen molar-refractivity contribution in [1.82, 2.24) is 5.32 Å². The lowest BCUT2D eigenvalue weighted by Crippen LogP contribution is -2.21. The summed E-state index contributed by atoms with van der Waals surface area (Å²) in [5.74, 6) is 3.18. The molecule has 0 amide bonds. The summed E-state index contributed by atoms with van der Waals surface area (Å²) in [5, 5.41) is 3.34. The Kier molecular flexibility index (Phi) is 5.45. The Balaban J connectivity index is 1.94. The van der Waals surface area contributed by atoms with Gasteiger partial charge in [-0.1, -0.05) is 45.9 Å². The highest BCUT2D eigenvalue weighted by Crippen LogP contribution is 2.26. The summed E-state index contributed by atoms with van der Waals surface area (Å²) >= 11 is 0. The van der Waals surface area contributed by atoms with Crippen molar-refractivity contribution in [3.63, 3.8) is 0 Å². The van der Waals surface area contributed by atoms with E-state index in [-0.39, 0.29) is 0 Å². The van der Waals surface area contributed by atoms with Gasteiger partial charge in [-0.3, -0.25) is 0 Å². The summed E-state index contributed by atoms with van der Waals surface area (Å²) in [6, 6.07) is 12.6. The summed E-state index contributed by atoms with van der Waals surface area (Å²) in [6.45, 7) is 9.80. The fraction of sp³-hybridized carbons (Fsp3) is 0.444. The summed E-state index contributed by atoms with van der Waals surface area (Å²) in [6.07, 6.45) is 0. The van der Waals surface area contributed by atoms with Crippen LogP contribution in [-0.2, 0) is 13.2 Å². The van der Waals surface area contributed by atoms with Crippen LogP contribution in [0.15, 0.2) is 40.8 Å². The van der Waals surface area contributed by atoms with E-state index in [4.69, 9.17) is 9.15 Å². The summed E-state index contributed by atoms with van der Waals surface area (Å²) in [7, 11) is 0. The molecule has 0 saturated carbocycles. The molecule has 0 atom stereocenters. The predicted octanol–water partition coefficient (Wildman–Crippen LogP) is 4.48. The number of rotatable bonds is 7. The zero-order valence-electron chi connectivity index (χ0n) is 13.3. The second kappa shape index (κ2) is 7.32. The molecule has 1 N–H and O–H groups in total. The van der Waals surface area contributed by atoms with Crippen molar-refractivity contribution in [2.24, 2.45) is 0 Å². The molecule has 0 aliphatic heterocycles. The van der Waals surface area contributed by atoms with Crippen LogP contribution in [-0.4, -0.2) is 6.04 Å². The Labute approximate surface area is 127 Å². The first kappa shape index (κ1) is 15.6. The Bertz CT molecular complexity index is 558. The van der Waals surface area contributed by atoms with Crippen molar-refractivity contribution in [3.8, 4) is 5.75 Å². The van der Waals surface area contributed by atoms with Gasteiger partial charge in [0.2, 0.25) is 0 Å². The minimum absolute atomic E-state index is 0.448. The van der Waals surface area contributed by atoms with E-state index in [1.54, 1.807) is 0 Å². The molecule has 114 valence electrons. The molecule has 0 saturated heterocycles. The van der Waals surface area contributed by atoms with Crippen molar-refractivity contribution < 1.29 is 9.15 Å². The fourth-order valence-electron chi connectivity index (χ4n) is 2.14. The molecule has 0 radical (unpaired) electrons. The molecule has 1 heterocycles. The predicted molar refractivity (Wildman–Crippen MR) is 85.5 cm³/mol. The van der Waals surface area contributed by atoms with Crippen LogP contribution in [0.25, 0.3) is 0 Å². The van der Waals surface area contributed by atoms with Gasteiger partial charge in [0.15, 0.2) is 0 Å². The maximum absolute atomic E-state index is 5.91. The molecule has 0 fully saturated rings. The lowest BCUT2D eigenvalue weighted by Gasteiger charge is -2.12. The van der Waals surface area contributed by atoms with Crippen LogP contribution >= 0.6 is 0 Å². The minimum atomic E-state index is 0.448. The van der Waals surface area contributed by atoms with Gasteiger partial charge in [-0.25, -0.2) is 0 Å². The number of hydrogen-bond donors (Lipinski definition) is 1. The number of hydrogen-bond acceptors (Lipinski definition) is 3. The van der Waals surface area contributed by atoms with E-state index in [1.807, 2.05) is 30.3 Å². The second-order valence-electron chi connectivity index (χ2n) is 5.88. The SMILES string of the molecule is CC(C)NCc1ccc(COc2ccccc2C(C)C)o1. The average Bonchev–Trinajstić information content (AvgIpc) is 2.91. The molecule has 0 unspecified atom stereocenters. The van der Waals surface area contributed by atoms with Crippen molar-refractivity contribution in [3.05, 3.63) is 53.5 Å². The molecule has 0 bridgehead atoms. The quantitative estimate of drug-likeness (QED) is 0.815. The first-order chi connectivity index (χ1) is 10.1.